The SMILES string of the molecule is Cc1ncnc(N2CCN(C(=O)Cc3c(C)n[nH]c3C)CC2)c1C. The molecular formula is C17H24N6O. The fourth-order valence-electron chi connectivity index (χ4n) is 3.11. The monoisotopic (exact) mass is 328 g/mol. The maximum Gasteiger partial charge on any atom is 0.227 e. The van der Waals surface area contributed by atoms with Crippen LogP contribution in [0.1, 0.15) is 28.2 Å². The van der Waals surface area contributed by atoms with Crippen molar-refractivity contribution in [3.8, 4) is 0 Å². The van der Waals surface area contributed by atoms with Crippen molar-refractivity contribution < 1.29 is 4.79 Å². The van der Waals surface area contributed by atoms with Crippen molar-refractivity contribution >= 4 is 11.7 Å². The van der Waals surface area contributed by atoms with E-state index < -0.39 is 0 Å². The van der Waals surface area contributed by atoms with Crippen LogP contribution in [0.4, 0.5) is 5.82 Å². The van der Waals surface area contributed by atoms with E-state index in [4.69, 9.17) is 0 Å². The average Bonchev–Trinajstić information content (AvgIpc) is 2.89. The van der Waals surface area contributed by atoms with E-state index >= 15 is 0 Å². The molecule has 7 heteroatoms. The zero-order valence-corrected chi connectivity index (χ0v) is 14.8. The molecule has 3 heterocycles. The minimum Gasteiger partial charge on any atom is -0.353 e. The largest absolute Gasteiger partial charge is 0.353 e. The minimum atomic E-state index is 0.165. The van der Waals surface area contributed by atoms with Crippen molar-refractivity contribution in [1.29, 1.82) is 0 Å². The van der Waals surface area contributed by atoms with Gasteiger partial charge in [0, 0.05) is 48.7 Å². The van der Waals surface area contributed by atoms with Crippen molar-refractivity contribution in [3.05, 3.63) is 34.5 Å². The van der Waals surface area contributed by atoms with Crippen LogP contribution in [0.25, 0.3) is 0 Å². The van der Waals surface area contributed by atoms with Crippen LogP contribution in [-0.4, -0.2) is 57.2 Å². The first kappa shape index (κ1) is 16.4. The van der Waals surface area contributed by atoms with Gasteiger partial charge in [0.25, 0.3) is 0 Å². The van der Waals surface area contributed by atoms with Gasteiger partial charge < -0.3 is 9.80 Å². The van der Waals surface area contributed by atoms with E-state index in [9.17, 15) is 4.79 Å². The van der Waals surface area contributed by atoms with Gasteiger partial charge in [0.05, 0.1) is 12.1 Å². The first-order chi connectivity index (χ1) is 11.5. The van der Waals surface area contributed by atoms with Crippen molar-refractivity contribution in [1.82, 2.24) is 25.1 Å². The highest BCUT2D eigenvalue weighted by molar-refractivity contribution is 5.79. The maximum atomic E-state index is 12.6. The molecule has 0 aliphatic carbocycles. The van der Waals surface area contributed by atoms with Gasteiger partial charge in [-0.2, -0.15) is 5.10 Å². The number of rotatable bonds is 3. The van der Waals surface area contributed by atoms with E-state index in [-0.39, 0.29) is 5.91 Å². The summed E-state index contributed by atoms with van der Waals surface area (Å²) in [5.41, 5.74) is 5.02. The fourth-order valence-corrected chi connectivity index (χ4v) is 3.11. The van der Waals surface area contributed by atoms with Crippen molar-refractivity contribution in [3.63, 3.8) is 0 Å². The molecule has 2 aromatic rings. The van der Waals surface area contributed by atoms with E-state index in [0.29, 0.717) is 6.42 Å². The predicted molar refractivity (Wildman–Crippen MR) is 92.1 cm³/mol. The van der Waals surface area contributed by atoms with Gasteiger partial charge in [0.1, 0.15) is 12.1 Å². The van der Waals surface area contributed by atoms with Crippen LogP contribution in [0.5, 0.6) is 0 Å². The van der Waals surface area contributed by atoms with Crippen LogP contribution in [0, 0.1) is 27.7 Å². The van der Waals surface area contributed by atoms with Crippen LogP contribution >= 0.6 is 0 Å². The Morgan fingerprint density at radius 3 is 2.42 bits per heavy atom. The summed E-state index contributed by atoms with van der Waals surface area (Å²) in [5, 5.41) is 7.11. The van der Waals surface area contributed by atoms with Gasteiger partial charge in [-0.25, -0.2) is 9.97 Å². The maximum absolute atomic E-state index is 12.6. The number of aromatic nitrogens is 4. The first-order valence-electron chi connectivity index (χ1n) is 8.28. The Balaban J connectivity index is 1.63. The summed E-state index contributed by atoms with van der Waals surface area (Å²) in [6.07, 6.45) is 2.03. The summed E-state index contributed by atoms with van der Waals surface area (Å²) in [6, 6.07) is 0. The smallest absolute Gasteiger partial charge is 0.227 e. The highest BCUT2D eigenvalue weighted by atomic mass is 16.2. The van der Waals surface area contributed by atoms with E-state index in [1.54, 1.807) is 6.33 Å². The van der Waals surface area contributed by atoms with Crippen LogP contribution in [0.15, 0.2) is 6.33 Å². The van der Waals surface area contributed by atoms with Crippen molar-refractivity contribution in [2.24, 2.45) is 0 Å². The van der Waals surface area contributed by atoms with Crippen LogP contribution in [-0.2, 0) is 11.2 Å². The number of nitrogens with one attached hydrogen (secondary N) is 1. The lowest BCUT2D eigenvalue weighted by molar-refractivity contribution is -0.130. The number of hydrogen-bond acceptors (Lipinski definition) is 5. The molecule has 0 radical (unpaired) electrons. The Morgan fingerprint density at radius 2 is 1.79 bits per heavy atom. The number of carbonyl (C=O) groups excluding carboxylic acids is 1. The topological polar surface area (TPSA) is 78.0 Å². The predicted octanol–water partition coefficient (Wildman–Crippen LogP) is 1.32. The Labute approximate surface area is 142 Å². The van der Waals surface area contributed by atoms with Gasteiger partial charge in [0.15, 0.2) is 0 Å². The van der Waals surface area contributed by atoms with E-state index in [1.165, 1.54) is 0 Å². The lowest BCUT2D eigenvalue weighted by atomic mass is 10.1. The highest BCUT2D eigenvalue weighted by Gasteiger charge is 2.24. The number of hydrogen-bond donors (Lipinski definition) is 1. The molecule has 0 bridgehead atoms. The van der Waals surface area contributed by atoms with Gasteiger partial charge >= 0.3 is 0 Å². The van der Waals surface area contributed by atoms with Gasteiger partial charge in [-0.1, -0.05) is 0 Å². The molecule has 7 nitrogen and oxygen atoms in total. The molecule has 1 amide bonds. The van der Waals surface area contributed by atoms with Gasteiger partial charge in [-0.15, -0.1) is 0 Å². The van der Waals surface area contributed by atoms with Crippen LogP contribution < -0.4 is 4.90 Å². The minimum absolute atomic E-state index is 0.165. The standard InChI is InChI=1S/C17H24N6O/c1-11-12(2)18-10-19-17(11)23-7-5-22(6-8-23)16(24)9-15-13(3)20-21-14(15)4/h10H,5-9H2,1-4H3,(H,20,21). The van der Waals surface area contributed by atoms with Crippen molar-refractivity contribution in [2.75, 3.05) is 31.1 Å². The normalized spacial score (nSPS) is 15.0. The molecule has 3 rings (SSSR count). The lowest BCUT2D eigenvalue weighted by Gasteiger charge is -2.36. The number of nitrogens with zero attached hydrogens (tertiary/aromatic N) is 5. The molecule has 2 aromatic heterocycles. The number of H-pyrrole nitrogens is 1. The second-order valence-electron chi connectivity index (χ2n) is 6.36. The van der Waals surface area contributed by atoms with Gasteiger partial charge in [-0.3, -0.25) is 9.89 Å². The zero-order valence-electron chi connectivity index (χ0n) is 14.8. The summed E-state index contributed by atoms with van der Waals surface area (Å²) in [4.78, 5) is 25.4. The lowest BCUT2D eigenvalue weighted by Crippen LogP contribution is -2.49. The molecule has 24 heavy (non-hydrogen) atoms. The Kier molecular flexibility index (Phi) is 4.51. The summed E-state index contributed by atoms with van der Waals surface area (Å²) < 4.78 is 0. The number of aromatic amines is 1. The summed E-state index contributed by atoms with van der Waals surface area (Å²) in [7, 11) is 0. The molecule has 1 fully saturated rings. The number of amides is 1. The van der Waals surface area contributed by atoms with Gasteiger partial charge in [0.2, 0.25) is 5.91 Å². The molecular weight excluding hydrogens is 304 g/mol. The third kappa shape index (κ3) is 3.11. The van der Waals surface area contributed by atoms with Crippen LogP contribution in [0.3, 0.4) is 0 Å². The number of anilines is 1. The number of aryl methyl sites for hydroxylation is 3. The molecule has 128 valence electrons. The van der Waals surface area contributed by atoms with Gasteiger partial charge in [-0.05, 0) is 27.7 Å². The van der Waals surface area contributed by atoms with Crippen molar-refractivity contribution in [2.45, 2.75) is 34.1 Å². The summed E-state index contributed by atoms with van der Waals surface area (Å²) in [6.45, 7) is 11.0. The molecule has 0 unspecified atom stereocenters. The first-order valence-corrected chi connectivity index (χ1v) is 8.28. The van der Waals surface area contributed by atoms with E-state index in [2.05, 4.69) is 25.1 Å². The summed E-state index contributed by atoms with van der Waals surface area (Å²) >= 11 is 0. The molecule has 0 aromatic carbocycles. The molecule has 0 saturated carbocycles. The zero-order chi connectivity index (χ0) is 17.3. The Morgan fingerprint density at radius 1 is 1.08 bits per heavy atom. The molecule has 1 N–H and O–H groups in total. The molecule has 1 aliphatic heterocycles. The van der Waals surface area contributed by atoms with E-state index in [1.807, 2.05) is 32.6 Å². The third-order valence-electron chi connectivity index (χ3n) is 4.85. The molecule has 1 saturated heterocycles. The fraction of sp³-hybridized carbons (Fsp3) is 0.529. The number of piperazine rings is 1. The quantitative estimate of drug-likeness (QED) is 0.919. The summed E-state index contributed by atoms with van der Waals surface area (Å²) in [5.74, 6) is 1.15. The average molecular weight is 328 g/mol. The second-order valence-corrected chi connectivity index (χ2v) is 6.36. The Bertz CT molecular complexity index is 726. The van der Waals surface area contributed by atoms with E-state index in [0.717, 1.165) is 60.2 Å². The highest BCUT2D eigenvalue weighted by Crippen LogP contribution is 2.20. The third-order valence-corrected chi connectivity index (χ3v) is 4.85. The molecule has 1 aliphatic rings. The molecule has 0 atom stereocenters. The van der Waals surface area contributed by atoms with Crippen LogP contribution in [0.2, 0.25) is 0 Å². The molecule has 0 spiro atoms. The second kappa shape index (κ2) is 6.59. The Hall–Kier alpha value is -2.44. The number of carbonyl (C=O) groups is 1.